The second-order valence-corrected chi connectivity index (χ2v) is 11.1. The average Bonchev–Trinajstić information content (AvgIpc) is 3.48. The minimum absolute atomic E-state index is 0.0845. The molecule has 3 aliphatic rings. The second-order valence-electron chi connectivity index (χ2n) is 9.20. The van der Waals surface area contributed by atoms with E-state index < -0.39 is 10.0 Å². The van der Waals surface area contributed by atoms with Crippen molar-refractivity contribution in [3.05, 3.63) is 41.7 Å². The molecule has 2 aromatic rings. The summed E-state index contributed by atoms with van der Waals surface area (Å²) in [4.78, 5) is 14.9. The van der Waals surface area contributed by atoms with Gasteiger partial charge in [0.25, 0.3) is 5.91 Å². The maximum absolute atomic E-state index is 13.5. The van der Waals surface area contributed by atoms with Crippen molar-refractivity contribution in [3.63, 3.8) is 0 Å². The van der Waals surface area contributed by atoms with Crippen LogP contribution < -0.4 is 4.74 Å². The maximum atomic E-state index is 13.5. The molecule has 2 fully saturated rings. The van der Waals surface area contributed by atoms with E-state index in [1.165, 1.54) is 0 Å². The number of H-pyrrole nitrogens is 1. The summed E-state index contributed by atoms with van der Waals surface area (Å²) < 4.78 is 34.8. The van der Waals surface area contributed by atoms with Crippen LogP contribution in [0, 0.1) is 18.3 Å². The Labute approximate surface area is 182 Å². The summed E-state index contributed by atoms with van der Waals surface area (Å²) in [7, 11) is -3.63. The summed E-state index contributed by atoms with van der Waals surface area (Å²) in [5.74, 6) is 0.788. The highest BCUT2D eigenvalue weighted by Crippen LogP contribution is 2.41. The molecule has 2 aliphatic heterocycles. The van der Waals surface area contributed by atoms with Gasteiger partial charge >= 0.3 is 0 Å². The van der Waals surface area contributed by atoms with E-state index in [0.29, 0.717) is 63.0 Å². The van der Waals surface area contributed by atoms with Gasteiger partial charge < -0.3 is 9.64 Å². The Kier molecular flexibility index (Phi) is 5.05. The molecule has 1 saturated carbocycles. The molecular formula is C22H28N4O4S. The Hall–Kier alpha value is -2.39. The summed E-state index contributed by atoms with van der Waals surface area (Å²) in [6.07, 6.45) is 3.56. The molecule has 1 N–H and O–H groups in total. The number of piperidine rings is 1. The number of rotatable bonds is 3. The van der Waals surface area contributed by atoms with Gasteiger partial charge in [-0.2, -0.15) is 9.40 Å². The van der Waals surface area contributed by atoms with Gasteiger partial charge in [0.05, 0.1) is 6.61 Å². The van der Waals surface area contributed by atoms with Crippen molar-refractivity contribution in [2.45, 2.75) is 37.5 Å². The molecule has 3 heterocycles. The lowest BCUT2D eigenvalue weighted by Crippen LogP contribution is -2.52. The largest absolute Gasteiger partial charge is 0.492 e. The average molecular weight is 445 g/mol. The number of carbonyl (C=O) groups is 1. The standard InChI is InChI=1S/C22H28N4O4S/c1-16-12-18(24-23-16)21(27)25-10-8-22(9-11-25)14-26(13-17-6-7-17)31(28,29)20-5-3-2-4-19(20)30-15-22/h2-5,12,17H,6-11,13-15H2,1H3,(H,23,24). The molecule has 0 atom stereocenters. The van der Waals surface area contributed by atoms with Crippen LogP contribution in [-0.4, -0.2) is 66.5 Å². The van der Waals surface area contributed by atoms with Crippen LogP contribution in [0.5, 0.6) is 5.75 Å². The molecule has 8 nitrogen and oxygen atoms in total. The van der Waals surface area contributed by atoms with E-state index in [2.05, 4.69) is 10.2 Å². The summed E-state index contributed by atoms with van der Waals surface area (Å²) in [5, 5.41) is 6.91. The molecule has 1 aromatic heterocycles. The van der Waals surface area contributed by atoms with Crippen LogP contribution in [0.1, 0.15) is 41.9 Å². The number of amides is 1. The third kappa shape index (κ3) is 3.96. The molecule has 5 rings (SSSR count). The summed E-state index contributed by atoms with van der Waals surface area (Å²) in [6.45, 7) is 4.44. The van der Waals surface area contributed by atoms with Gasteiger partial charge in [0.1, 0.15) is 16.3 Å². The molecule has 1 aliphatic carbocycles. The normalized spacial score (nSPS) is 22.9. The predicted molar refractivity (Wildman–Crippen MR) is 114 cm³/mol. The quantitative estimate of drug-likeness (QED) is 0.785. The van der Waals surface area contributed by atoms with E-state index in [-0.39, 0.29) is 16.2 Å². The number of hydrogen-bond donors (Lipinski definition) is 1. The number of benzene rings is 1. The maximum Gasteiger partial charge on any atom is 0.274 e. The molecule has 0 bridgehead atoms. The number of aromatic nitrogens is 2. The third-order valence-corrected chi connectivity index (χ3v) is 8.56. The zero-order chi connectivity index (χ0) is 21.6. The number of nitrogens with one attached hydrogen (secondary N) is 1. The molecule has 1 aromatic carbocycles. The first-order chi connectivity index (χ1) is 14.9. The van der Waals surface area contributed by atoms with E-state index in [1.807, 2.05) is 11.8 Å². The van der Waals surface area contributed by atoms with Crippen LogP contribution in [0.2, 0.25) is 0 Å². The van der Waals surface area contributed by atoms with Crippen molar-refractivity contribution in [2.24, 2.45) is 11.3 Å². The molecule has 31 heavy (non-hydrogen) atoms. The number of likely N-dealkylation sites (tertiary alicyclic amines) is 1. The minimum atomic E-state index is -3.63. The number of hydrogen-bond acceptors (Lipinski definition) is 5. The van der Waals surface area contributed by atoms with Crippen molar-refractivity contribution >= 4 is 15.9 Å². The molecule has 166 valence electrons. The van der Waals surface area contributed by atoms with Gasteiger partial charge in [-0.3, -0.25) is 9.89 Å². The zero-order valence-electron chi connectivity index (χ0n) is 17.7. The summed E-state index contributed by atoms with van der Waals surface area (Å²) in [6, 6.07) is 8.68. The van der Waals surface area contributed by atoms with Crippen LogP contribution in [0.3, 0.4) is 0 Å². The van der Waals surface area contributed by atoms with Gasteiger partial charge in [0.2, 0.25) is 10.0 Å². The van der Waals surface area contributed by atoms with Crippen molar-refractivity contribution in [1.82, 2.24) is 19.4 Å². The zero-order valence-corrected chi connectivity index (χ0v) is 18.5. The van der Waals surface area contributed by atoms with Crippen LogP contribution in [0.15, 0.2) is 35.2 Å². The van der Waals surface area contributed by atoms with Crippen molar-refractivity contribution in [3.8, 4) is 5.75 Å². The van der Waals surface area contributed by atoms with Gasteiger partial charge in [0, 0.05) is 37.3 Å². The molecule has 1 spiro atoms. The fourth-order valence-electron chi connectivity index (χ4n) is 4.58. The molecule has 1 amide bonds. The Bertz CT molecular complexity index is 1080. The summed E-state index contributed by atoms with van der Waals surface area (Å²) in [5.41, 5.74) is 0.965. The van der Waals surface area contributed by atoms with E-state index in [1.54, 1.807) is 34.6 Å². The predicted octanol–water partition coefficient (Wildman–Crippen LogP) is 2.43. The van der Waals surface area contributed by atoms with Crippen molar-refractivity contribution in [2.75, 3.05) is 32.8 Å². The van der Waals surface area contributed by atoms with Crippen molar-refractivity contribution in [1.29, 1.82) is 0 Å². The number of sulfonamides is 1. The van der Waals surface area contributed by atoms with Crippen LogP contribution in [0.25, 0.3) is 0 Å². The Morgan fingerprint density at radius 3 is 2.68 bits per heavy atom. The van der Waals surface area contributed by atoms with E-state index >= 15 is 0 Å². The number of ether oxygens (including phenoxy) is 1. The monoisotopic (exact) mass is 444 g/mol. The molecule has 0 radical (unpaired) electrons. The van der Waals surface area contributed by atoms with Crippen LogP contribution in [0.4, 0.5) is 0 Å². The highest BCUT2D eigenvalue weighted by atomic mass is 32.2. The Morgan fingerprint density at radius 1 is 1.26 bits per heavy atom. The number of fused-ring (bicyclic) bond motifs is 1. The number of carbonyl (C=O) groups excluding carboxylic acids is 1. The lowest BCUT2D eigenvalue weighted by molar-refractivity contribution is 0.0293. The number of aryl methyl sites for hydroxylation is 1. The Balaban J connectivity index is 1.39. The number of para-hydroxylation sites is 1. The fraction of sp³-hybridized carbons (Fsp3) is 0.545. The van der Waals surface area contributed by atoms with E-state index in [9.17, 15) is 13.2 Å². The highest BCUT2D eigenvalue weighted by Gasteiger charge is 2.45. The topological polar surface area (TPSA) is 95.6 Å². The molecule has 1 saturated heterocycles. The van der Waals surface area contributed by atoms with Crippen LogP contribution in [-0.2, 0) is 10.0 Å². The molecule has 0 unspecified atom stereocenters. The number of aromatic amines is 1. The lowest BCUT2D eigenvalue weighted by Gasteiger charge is -2.44. The van der Waals surface area contributed by atoms with Gasteiger partial charge in [-0.25, -0.2) is 8.42 Å². The lowest BCUT2D eigenvalue weighted by atomic mass is 9.78. The third-order valence-electron chi connectivity index (χ3n) is 6.71. The smallest absolute Gasteiger partial charge is 0.274 e. The molecular weight excluding hydrogens is 416 g/mol. The highest BCUT2D eigenvalue weighted by molar-refractivity contribution is 7.89. The Morgan fingerprint density at radius 2 is 2.00 bits per heavy atom. The van der Waals surface area contributed by atoms with E-state index in [0.717, 1.165) is 18.5 Å². The number of nitrogens with zero attached hydrogens (tertiary/aromatic N) is 3. The van der Waals surface area contributed by atoms with Gasteiger partial charge in [-0.1, -0.05) is 12.1 Å². The van der Waals surface area contributed by atoms with Crippen LogP contribution >= 0.6 is 0 Å². The summed E-state index contributed by atoms with van der Waals surface area (Å²) >= 11 is 0. The minimum Gasteiger partial charge on any atom is -0.492 e. The van der Waals surface area contributed by atoms with E-state index in [4.69, 9.17) is 4.74 Å². The first-order valence-electron chi connectivity index (χ1n) is 10.9. The second kappa shape index (κ2) is 7.63. The SMILES string of the molecule is Cc1cc(C(=O)N2CCC3(CC2)COc2ccccc2S(=O)(=O)N(CC2CC2)C3)n[nH]1. The first kappa shape index (κ1) is 20.5. The molecule has 9 heteroatoms. The van der Waals surface area contributed by atoms with Gasteiger partial charge in [-0.05, 0) is 56.7 Å². The first-order valence-corrected chi connectivity index (χ1v) is 12.3. The van der Waals surface area contributed by atoms with Crippen molar-refractivity contribution < 1.29 is 17.9 Å². The van der Waals surface area contributed by atoms with Gasteiger partial charge in [-0.15, -0.1) is 0 Å². The fourth-order valence-corrected chi connectivity index (χ4v) is 6.35. The van der Waals surface area contributed by atoms with Gasteiger partial charge in [0.15, 0.2) is 0 Å².